The van der Waals surface area contributed by atoms with E-state index in [4.69, 9.17) is 7.48 Å². The first-order valence-electron chi connectivity index (χ1n) is 38.4. The number of hydrogen-bond acceptors (Lipinski definition) is 3. The quantitative estimate of drug-likeness (QED) is 0.135. The van der Waals surface area contributed by atoms with E-state index >= 15 is 0 Å². The lowest BCUT2D eigenvalue weighted by Crippen LogP contribution is -2.60. The molecule has 0 aliphatic carbocycles. The van der Waals surface area contributed by atoms with Crippen molar-refractivity contribution in [3.05, 3.63) is 373 Å². The number of rotatable bonds is 9. The van der Waals surface area contributed by atoms with E-state index in [1.54, 1.807) is 16.3 Å². The van der Waals surface area contributed by atoms with Crippen LogP contribution in [0.2, 0.25) is 0 Å². The van der Waals surface area contributed by atoms with Crippen molar-refractivity contribution in [1.82, 2.24) is 9.13 Å². The number of para-hydroxylation sites is 5. The van der Waals surface area contributed by atoms with Gasteiger partial charge in [-0.2, -0.15) is 0 Å². The second kappa shape index (κ2) is 23.0. The minimum Gasteiger partial charge on any atom is -0.457 e. The standard InChI is InChI=1S/C95H66BN3OS/c1-94(2,3)69-58-76(62-26-8-4-9-27-62)93(77(59-69)63-28-10-5-11-29-63)99-86-60-71(98-84-41-23-18-36-74(84)75-37-19-24-42-85(75)98)50-53-80(86)96-81-52-47-65(61-44-48-70(49-45-61)97-82-39-21-16-34-72(82)73-35-17-22-40-83(73)97)56-90(81)101-91-57-66(54-87(99)92(91)96)64-46-51-79-89(55-64)100-88-43-25-20-38-78(88)95(79,67-30-12-6-13-31-67)68-32-14-7-15-33-68/h4-60H,1-3H3/i18D,19D,23D,24D,36D,37D,41D,42D. The first-order valence-corrected chi connectivity index (χ1v) is 35.2. The van der Waals surface area contributed by atoms with E-state index < -0.39 is 48.4 Å². The maximum absolute atomic E-state index is 9.79. The van der Waals surface area contributed by atoms with Crippen LogP contribution < -0.4 is 26.0 Å². The van der Waals surface area contributed by atoms with Gasteiger partial charge in [-0.05, 0) is 157 Å². The molecule has 0 unspecified atom stereocenters. The van der Waals surface area contributed by atoms with Crippen molar-refractivity contribution in [2.24, 2.45) is 0 Å². The fourth-order valence-corrected chi connectivity index (χ4v) is 17.8. The van der Waals surface area contributed by atoms with E-state index in [1.807, 2.05) is 24.3 Å². The zero-order valence-electron chi connectivity index (χ0n) is 63.5. The Bertz CT molecular complexity index is 6470. The van der Waals surface area contributed by atoms with Crippen LogP contribution in [0.1, 0.15) is 59.6 Å². The van der Waals surface area contributed by atoms with Gasteiger partial charge in [0.25, 0.3) is 0 Å². The molecule has 0 amide bonds. The molecule has 3 aliphatic rings. The predicted octanol–water partition coefficient (Wildman–Crippen LogP) is 23.1. The molecular formula is C95H66BN3OS. The first-order chi connectivity index (χ1) is 53.0. The summed E-state index contributed by atoms with van der Waals surface area (Å²) in [5.41, 5.74) is 21.8. The molecule has 476 valence electrons. The normalized spacial score (nSPS) is 14.5. The predicted molar refractivity (Wildman–Crippen MR) is 424 cm³/mol. The number of benzene rings is 15. The second-order valence-electron chi connectivity index (χ2n) is 27.7. The number of ether oxygens (including phenoxy) is 1. The monoisotopic (exact) mass is 1320 g/mol. The van der Waals surface area contributed by atoms with Crippen molar-refractivity contribution in [1.29, 1.82) is 0 Å². The smallest absolute Gasteiger partial charge is 0.249 e. The summed E-state index contributed by atoms with van der Waals surface area (Å²) in [5.74, 6) is 1.49. The lowest BCUT2D eigenvalue weighted by Gasteiger charge is -2.43. The molecule has 0 N–H and O–H groups in total. The highest BCUT2D eigenvalue weighted by Gasteiger charge is 2.47. The Morgan fingerprint density at radius 3 is 1.51 bits per heavy atom. The summed E-state index contributed by atoms with van der Waals surface area (Å²) in [6.45, 7) is 6.35. The van der Waals surface area contributed by atoms with Gasteiger partial charge in [0, 0.05) is 76.3 Å². The SMILES string of the molecule is [2H]c1c([2H])c([2H])c2c(c1[2H])c1c([2H])c([2H])c([2H])c([2H])c1n2-c1ccc2c(c1)N(c1c(-c3ccccc3)cc(C(C)(C)C)cc1-c1ccccc1)c1cc(-c3ccc4c(c3)Oc3ccccc3C4(c3ccccc3)c3ccccc3)cc3c1B2c1ccc(-c2ccc(-n4c5ccccc5c5ccccc54)cc2)cc1S3. The van der Waals surface area contributed by atoms with Crippen LogP contribution in [0.25, 0.3) is 99.5 Å². The largest absolute Gasteiger partial charge is 0.457 e. The lowest BCUT2D eigenvalue weighted by molar-refractivity contribution is 0.434. The van der Waals surface area contributed by atoms with E-state index in [1.165, 1.54) is 10.8 Å². The minimum absolute atomic E-state index is 0.00962. The average molecular weight is 1320 g/mol. The highest BCUT2D eigenvalue weighted by molar-refractivity contribution is 8.00. The summed E-state index contributed by atoms with van der Waals surface area (Å²) in [5, 5.41) is 2.42. The van der Waals surface area contributed by atoms with Gasteiger partial charge in [-0.3, -0.25) is 0 Å². The van der Waals surface area contributed by atoms with E-state index in [-0.39, 0.29) is 39.3 Å². The van der Waals surface area contributed by atoms with Crippen molar-refractivity contribution in [3.8, 4) is 67.4 Å². The molecular weight excluding hydrogens is 1240 g/mol. The summed E-state index contributed by atoms with van der Waals surface area (Å²) >= 11 is 1.77. The topological polar surface area (TPSA) is 22.3 Å². The zero-order valence-corrected chi connectivity index (χ0v) is 56.3. The van der Waals surface area contributed by atoms with Crippen LogP contribution in [-0.4, -0.2) is 15.8 Å². The highest BCUT2D eigenvalue weighted by Crippen LogP contribution is 2.57. The molecule has 0 bridgehead atoms. The van der Waals surface area contributed by atoms with E-state index in [0.717, 1.165) is 144 Å². The third-order valence-electron chi connectivity index (χ3n) is 21.1. The summed E-state index contributed by atoms with van der Waals surface area (Å²) in [6, 6.07) is 103. The molecule has 5 heterocycles. The van der Waals surface area contributed by atoms with Crippen molar-refractivity contribution < 1.29 is 15.7 Å². The van der Waals surface area contributed by atoms with Crippen LogP contribution in [0.15, 0.2) is 355 Å². The average Bonchev–Trinajstić information content (AvgIpc) is 1.10. The number of nitrogens with zero attached hydrogens (tertiary/aromatic N) is 3. The Kier molecular flexibility index (Phi) is 11.6. The van der Waals surface area contributed by atoms with Gasteiger partial charge < -0.3 is 18.8 Å². The molecule has 101 heavy (non-hydrogen) atoms. The zero-order chi connectivity index (χ0) is 74.0. The van der Waals surface area contributed by atoms with Gasteiger partial charge in [-0.25, -0.2) is 0 Å². The third kappa shape index (κ3) is 9.18. The van der Waals surface area contributed by atoms with Gasteiger partial charge >= 0.3 is 0 Å². The molecule has 20 rings (SSSR count). The summed E-state index contributed by atoms with van der Waals surface area (Å²) < 4.78 is 86.4. The number of fused-ring (bicyclic) bond motifs is 12. The molecule has 0 atom stereocenters. The molecule has 6 heteroatoms. The maximum atomic E-state index is 9.79. The van der Waals surface area contributed by atoms with Crippen molar-refractivity contribution >= 4 is 95.5 Å². The maximum Gasteiger partial charge on any atom is 0.249 e. The third-order valence-corrected chi connectivity index (χ3v) is 22.2. The highest BCUT2D eigenvalue weighted by atomic mass is 32.2. The van der Waals surface area contributed by atoms with Gasteiger partial charge in [0.2, 0.25) is 6.71 Å². The van der Waals surface area contributed by atoms with Crippen LogP contribution >= 0.6 is 11.8 Å². The summed E-state index contributed by atoms with van der Waals surface area (Å²) in [7, 11) is 0. The first kappa shape index (κ1) is 51.1. The molecule has 0 saturated heterocycles. The van der Waals surface area contributed by atoms with Crippen LogP contribution in [0, 0.1) is 0 Å². The molecule has 0 fully saturated rings. The molecule has 0 saturated carbocycles. The van der Waals surface area contributed by atoms with Crippen molar-refractivity contribution in [2.45, 2.75) is 41.4 Å². The van der Waals surface area contributed by atoms with Crippen molar-refractivity contribution in [2.75, 3.05) is 4.90 Å². The number of hydrogen-bond donors (Lipinski definition) is 0. The van der Waals surface area contributed by atoms with Crippen LogP contribution in [0.4, 0.5) is 17.1 Å². The Labute approximate surface area is 604 Å². The van der Waals surface area contributed by atoms with Crippen LogP contribution in [-0.2, 0) is 10.8 Å². The van der Waals surface area contributed by atoms with Gasteiger partial charge in [-0.15, -0.1) is 0 Å². The fraction of sp³-hybridized carbons (Fsp3) is 0.0526. The lowest BCUT2D eigenvalue weighted by atomic mass is 9.34. The van der Waals surface area contributed by atoms with Crippen LogP contribution in [0.5, 0.6) is 11.5 Å². The van der Waals surface area contributed by atoms with Gasteiger partial charge in [0.15, 0.2) is 0 Å². The summed E-state index contributed by atoms with van der Waals surface area (Å²) in [6.07, 6.45) is 0. The molecule has 0 spiro atoms. The van der Waals surface area contributed by atoms with E-state index in [0.29, 0.717) is 5.69 Å². The Hall–Kier alpha value is -12.1. The molecule has 17 aromatic rings. The molecule has 15 aromatic carbocycles. The van der Waals surface area contributed by atoms with Gasteiger partial charge in [0.1, 0.15) is 11.5 Å². The van der Waals surface area contributed by atoms with Crippen molar-refractivity contribution in [3.63, 3.8) is 0 Å². The molecule has 3 aliphatic heterocycles. The molecule has 2 aromatic heterocycles. The number of anilines is 3. The number of aromatic nitrogens is 2. The Balaban J connectivity index is 0.881. The molecule has 4 nitrogen and oxygen atoms in total. The van der Waals surface area contributed by atoms with Crippen LogP contribution in [0.3, 0.4) is 0 Å². The second-order valence-corrected chi connectivity index (χ2v) is 28.7. The van der Waals surface area contributed by atoms with E-state index in [2.05, 4.69) is 303 Å². The minimum atomic E-state index is -0.762. The Morgan fingerprint density at radius 1 is 0.376 bits per heavy atom. The van der Waals surface area contributed by atoms with Gasteiger partial charge in [0.05, 0.1) is 44.1 Å². The Morgan fingerprint density at radius 2 is 0.881 bits per heavy atom. The summed E-state index contributed by atoms with van der Waals surface area (Å²) in [4.78, 5) is 4.55. The molecule has 0 radical (unpaired) electrons. The van der Waals surface area contributed by atoms with Gasteiger partial charge in [-0.1, -0.05) is 293 Å². The fourth-order valence-electron chi connectivity index (χ4n) is 16.5. The van der Waals surface area contributed by atoms with E-state index in [9.17, 15) is 8.22 Å².